The first-order valence-corrected chi connectivity index (χ1v) is 53.2. The van der Waals surface area contributed by atoms with Gasteiger partial charge in [0.1, 0.15) is 43.5 Å². The monoisotopic (exact) mass is 1950 g/mol. The molecule has 4 aliphatic rings. The Labute approximate surface area is 837 Å². The minimum atomic E-state index is -1.23. The van der Waals surface area contributed by atoms with Crippen LogP contribution in [0.3, 0.4) is 0 Å². The highest BCUT2D eigenvalue weighted by Gasteiger charge is 2.46. The normalized spacial score (nSPS) is 14.2. The van der Waals surface area contributed by atoms with Crippen LogP contribution >= 0.6 is 45.3 Å². The lowest BCUT2D eigenvalue weighted by atomic mass is 9.82. The molecule has 142 heavy (non-hydrogen) atoms. The van der Waals surface area contributed by atoms with Gasteiger partial charge in [-0.05, 0) is 215 Å². The Morgan fingerprint density at radius 3 is 0.754 bits per heavy atom. The molecule has 0 bridgehead atoms. The molecule has 24 heteroatoms. The fraction of sp³-hybridized carbons (Fsp3) is 0.271. The van der Waals surface area contributed by atoms with Crippen LogP contribution in [0, 0.1) is 13.8 Å². The van der Waals surface area contributed by atoms with E-state index in [9.17, 15) is 28.8 Å². The highest BCUT2D eigenvalue weighted by molar-refractivity contribution is 7.21. The van der Waals surface area contributed by atoms with Crippen LogP contribution in [-0.4, -0.2) is 123 Å². The summed E-state index contributed by atoms with van der Waals surface area (Å²) >= 11 is 6.09. The number of aromatic nitrogens is 4. The highest BCUT2D eigenvalue weighted by Crippen LogP contribution is 2.54. The fourth-order valence-corrected chi connectivity index (χ4v) is 26.5. The summed E-state index contributed by atoms with van der Waals surface area (Å²) in [6, 6.07) is 61.4. The maximum Gasteiger partial charge on any atom is 0.262 e. The standard InChI is InChI=1S/C118H104N10O10S4/c1-9-13-17-27-35-73(36-28-18-14-10-2)127-115(135)87-59-51-79-75-47-55-83-95-84(56-48-76(91(75)95)80-52-60-88(116(127)136)97(87)93(79)80)112(132)125(111(83)131)63(5)105(129)119-71-43-39-69(40-44-71)107-121-99(65(7)139-107)103-101(123-109(141-103)67-31-23-21-24-32-67)102-104(142-110(124-102)68-33-25-22-26-34-68)100-66(8)140-108(122-100)70-41-45-72(46-42-70)120-106(130)64(6)126-113(133)85-57-49-77-81-53-61-89-98-90(62-54-82(94(81)98)78-50-58-86(114(126)134)96(85)92(77)78)118(138)128(117(89)137)74(37-29-19-15-11-3)38-30-20-16-12-4/h21-26,31-34,39-64,73-74H,9-20,27-30,35-38H2,1-8H3,(H,119,129)(H,120,130)/t63-,64-/m1/s1. The number of nitrogens with one attached hydrogen (secondary N) is 2. The zero-order valence-corrected chi connectivity index (χ0v) is 83.6. The Kier molecular flexibility index (Phi) is 24.8. The summed E-state index contributed by atoms with van der Waals surface area (Å²) in [5.74, 6) is -4.61. The van der Waals surface area contributed by atoms with Crippen LogP contribution in [0.25, 0.3) is 161 Å². The van der Waals surface area contributed by atoms with Gasteiger partial charge in [-0.15, -0.1) is 45.3 Å². The van der Waals surface area contributed by atoms with Crippen molar-refractivity contribution in [1.29, 1.82) is 0 Å². The molecule has 4 aromatic heterocycles. The zero-order valence-electron chi connectivity index (χ0n) is 80.4. The van der Waals surface area contributed by atoms with Gasteiger partial charge in [0.2, 0.25) is 11.8 Å². The molecule has 18 aromatic rings. The smallest absolute Gasteiger partial charge is 0.262 e. The van der Waals surface area contributed by atoms with E-state index in [1.54, 1.807) is 72.2 Å². The number of imide groups is 4. The van der Waals surface area contributed by atoms with E-state index < -0.39 is 47.5 Å². The molecule has 10 amide bonds. The van der Waals surface area contributed by atoms with Crippen molar-refractivity contribution in [3.63, 3.8) is 0 Å². The predicted molar refractivity (Wildman–Crippen MR) is 573 cm³/mol. The topological polar surface area (TPSA) is 259 Å². The first kappa shape index (κ1) is 92.7. The molecule has 0 radical (unpaired) electrons. The molecule has 0 aliphatic carbocycles. The van der Waals surface area contributed by atoms with Crippen LogP contribution in [0.2, 0.25) is 0 Å². The number of carbonyl (C=O) groups excluding carboxylic acids is 10. The molecule has 0 unspecified atom stereocenters. The van der Waals surface area contributed by atoms with E-state index >= 15 is 19.2 Å². The summed E-state index contributed by atoms with van der Waals surface area (Å²) in [6.45, 7) is 15.9. The number of thiazole rings is 4. The number of rotatable bonds is 35. The number of unbranched alkanes of at least 4 members (excludes halogenated alkanes) is 12. The molecule has 14 aromatic carbocycles. The number of aryl methyl sites for hydroxylation is 2. The van der Waals surface area contributed by atoms with E-state index in [0.717, 1.165) is 266 Å². The van der Waals surface area contributed by atoms with Crippen molar-refractivity contribution in [2.45, 2.75) is 208 Å². The molecule has 0 saturated carbocycles. The molecule has 22 rings (SSSR count). The Morgan fingerprint density at radius 1 is 0.268 bits per heavy atom. The van der Waals surface area contributed by atoms with Gasteiger partial charge in [-0.3, -0.25) is 67.5 Å². The molecule has 0 saturated heterocycles. The van der Waals surface area contributed by atoms with Crippen LogP contribution in [0.5, 0.6) is 0 Å². The molecule has 2 N–H and O–H groups in total. The van der Waals surface area contributed by atoms with Gasteiger partial charge in [-0.2, -0.15) is 0 Å². The van der Waals surface area contributed by atoms with Crippen molar-refractivity contribution in [1.82, 2.24) is 39.5 Å². The lowest BCUT2D eigenvalue weighted by molar-refractivity contribution is -0.120. The number of hydrogen-bond acceptors (Lipinski definition) is 18. The lowest BCUT2D eigenvalue weighted by Gasteiger charge is -2.35. The van der Waals surface area contributed by atoms with Crippen LogP contribution in [-0.2, 0) is 9.59 Å². The molecular formula is C118H104N10O10S4. The number of hydrogen-bond donors (Lipinski definition) is 2. The number of benzene rings is 14. The molecule has 20 nitrogen and oxygen atoms in total. The van der Waals surface area contributed by atoms with Gasteiger partial charge >= 0.3 is 0 Å². The van der Waals surface area contributed by atoms with Crippen molar-refractivity contribution in [3.8, 4) is 74.8 Å². The van der Waals surface area contributed by atoms with Gasteiger partial charge in [0, 0.05) is 122 Å². The summed E-state index contributed by atoms with van der Waals surface area (Å²) in [5.41, 5.74) is 10.1. The minimum Gasteiger partial charge on any atom is -0.324 e. The number of anilines is 2. The van der Waals surface area contributed by atoms with Gasteiger partial charge < -0.3 is 10.6 Å². The summed E-state index contributed by atoms with van der Waals surface area (Å²) in [5, 5.41) is 20.6. The van der Waals surface area contributed by atoms with E-state index in [1.807, 2.05) is 172 Å². The molecule has 4 aliphatic heterocycles. The molecule has 0 fully saturated rings. The average Bonchev–Trinajstić information content (AvgIpc) is 0.819. The number of nitrogens with zero attached hydrogens (tertiary/aromatic N) is 8. The van der Waals surface area contributed by atoms with Crippen LogP contribution in [0.1, 0.15) is 263 Å². The third-order valence-corrected chi connectivity index (χ3v) is 33.8. The van der Waals surface area contributed by atoms with Crippen molar-refractivity contribution >= 4 is 202 Å². The number of amides is 10. The first-order valence-electron chi connectivity index (χ1n) is 50.0. The maximum absolute atomic E-state index is 15.0. The van der Waals surface area contributed by atoms with E-state index in [-0.39, 0.29) is 58.0 Å². The van der Waals surface area contributed by atoms with Crippen molar-refractivity contribution in [2.24, 2.45) is 0 Å². The second-order valence-electron chi connectivity index (χ2n) is 38.4. The Balaban J connectivity index is 0.501. The minimum absolute atomic E-state index is 0.203. The van der Waals surface area contributed by atoms with Crippen molar-refractivity contribution in [3.05, 3.63) is 261 Å². The molecular weight excluding hydrogens is 1850 g/mol. The van der Waals surface area contributed by atoms with Gasteiger partial charge in [0.05, 0.1) is 21.1 Å². The van der Waals surface area contributed by atoms with Gasteiger partial charge in [0.15, 0.2) is 0 Å². The van der Waals surface area contributed by atoms with Gasteiger partial charge in [-0.1, -0.05) is 240 Å². The number of fused-ring (bicyclic) bond motifs is 4. The van der Waals surface area contributed by atoms with Gasteiger partial charge in [-0.25, -0.2) is 19.9 Å². The van der Waals surface area contributed by atoms with Crippen molar-refractivity contribution < 1.29 is 47.9 Å². The quantitative estimate of drug-likeness (QED) is 0.0162. The summed E-state index contributed by atoms with van der Waals surface area (Å²) in [6.07, 6.45) is 19.8. The Morgan fingerprint density at radius 2 is 0.500 bits per heavy atom. The van der Waals surface area contributed by atoms with E-state index in [2.05, 4.69) is 38.3 Å². The zero-order chi connectivity index (χ0) is 97.9. The third-order valence-electron chi connectivity index (χ3n) is 29.6. The number of carbonyl (C=O) groups is 10. The van der Waals surface area contributed by atoms with E-state index in [0.29, 0.717) is 76.6 Å². The Hall–Kier alpha value is -14.3. The van der Waals surface area contributed by atoms with Crippen LogP contribution in [0.4, 0.5) is 11.4 Å². The van der Waals surface area contributed by atoms with E-state index in [4.69, 9.17) is 19.9 Å². The van der Waals surface area contributed by atoms with Crippen LogP contribution in [0.15, 0.2) is 206 Å². The maximum atomic E-state index is 15.0. The largest absolute Gasteiger partial charge is 0.324 e. The lowest BCUT2D eigenvalue weighted by Crippen LogP contribution is -2.50. The molecule has 710 valence electrons. The molecule has 2 atom stereocenters. The Bertz CT molecular complexity index is 7520. The highest BCUT2D eigenvalue weighted by atomic mass is 32.1. The second kappa shape index (κ2) is 37.9. The summed E-state index contributed by atoms with van der Waals surface area (Å²) < 4.78 is 0. The third kappa shape index (κ3) is 15.6. The van der Waals surface area contributed by atoms with Gasteiger partial charge in [0.25, 0.3) is 47.3 Å². The summed E-state index contributed by atoms with van der Waals surface area (Å²) in [7, 11) is 0. The average molecular weight is 1950 g/mol. The molecule has 8 heterocycles. The van der Waals surface area contributed by atoms with E-state index in [1.165, 1.54) is 45.3 Å². The second-order valence-corrected chi connectivity index (χ2v) is 42.8. The van der Waals surface area contributed by atoms with Crippen molar-refractivity contribution in [2.75, 3.05) is 10.6 Å². The molecule has 0 spiro atoms. The fourth-order valence-electron chi connectivity index (χ4n) is 22.3. The summed E-state index contributed by atoms with van der Waals surface area (Å²) in [4.78, 5) is 179. The SMILES string of the molecule is CCCCCCC(CCCCCC)N1C(=O)c2ccc3c4ccc5c6c(ccc(c7ccc(c2c37)C1=O)c64)C(=O)N([C@H](C)C(=O)Nc1ccc(-c2nc(-c3sc(-c4ccccc4)nc3-c3nc(-c4ccccc4)sc3-c3nc(-c4ccc(NC(=O)[C@@H](C)N6C(=O)c7ccc8c9ccc%10c%11c(ccc(c%12ccc(c7c8%12)C6=O)c%119)C(=O)N(C(CCCCCC)CCCCCC)C%10=O)cc4)sc3C)c(C)s2)cc1)C5=O. The van der Waals surface area contributed by atoms with Crippen LogP contribution < -0.4 is 10.6 Å². The first-order chi connectivity index (χ1) is 69.1. The predicted octanol–water partition coefficient (Wildman–Crippen LogP) is 29.0.